The number of ether oxygens (including phenoxy) is 2. The zero-order valence-electron chi connectivity index (χ0n) is 11.6. The molecule has 1 aromatic rings. The fourth-order valence-electron chi connectivity index (χ4n) is 1.40. The van der Waals surface area contributed by atoms with E-state index in [2.05, 4.69) is 0 Å². The molecule has 0 amide bonds. The van der Waals surface area contributed by atoms with Gasteiger partial charge in [0, 0.05) is 12.1 Å². The first kappa shape index (κ1) is 14.8. The van der Waals surface area contributed by atoms with Gasteiger partial charge in [0.1, 0.15) is 18.1 Å². The second-order valence-corrected chi connectivity index (χ2v) is 5.37. The third-order valence-electron chi connectivity index (χ3n) is 2.88. The van der Waals surface area contributed by atoms with E-state index in [-0.39, 0.29) is 12.0 Å². The van der Waals surface area contributed by atoms with Gasteiger partial charge in [0.25, 0.3) is 0 Å². The molecule has 0 fully saturated rings. The van der Waals surface area contributed by atoms with Gasteiger partial charge >= 0.3 is 0 Å². The molecule has 1 aromatic carbocycles. The van der Waals surface area contributed by atoms with Crippen LogP contribution in [0.3, 0.4) is 0 Å². The minimum atomic E-state index is -0.523. The second-order valence-electron chi connectivity index (χ2n) is 5.37. The summed E-state index contributed by atoms with van der Waals surface area (Å²) >= 11 is 0. The summed E-state index contributed by atoms with van der Waals surface area (Å²) in [6.07, 6.45) is -0.523. The molecule has 0 aliphatic rings. The molecule has 0 radical (unpaired) electrons. The minimum Gasteiger partial charge on any atom is -0.497 e. The van der Waals surface area contributed by atoms with Gasteiger partial charge in [0.2, 0.25) is 0 Å². The Labute approximate surface area is 109 Å². The molecule has 18 heavy (non-hydrogen) atoms. The second kappa shape index (κ2) is 6.07. The van der Waals surface area contributed by atoms with Crippen LogP contribution in [-0.2, 0) is 6.54 Å². The van der Waals surface area contributed by atoms with Crippen molar-refractivity contribution in [3.05, 3.63) is 23.8 Å². The first-order valence-electron chi connectivity index (χ1n) is 6.06. The molecule has 1 unspecified atom stereocenters. The molecule has 0 saturated heterocycles. The molecule has 0 bridgehead atoms. The fraction of sp³-hybridized carbons (Fsp3) is 0.571. The van der Waals surface area contributed by atoms with Crippen LogP contribution in [0.2, 0.25) is 0 Å². The molecule has 3 N–H and O–H groups in total. The molecular weight excluding hydrogens is 230 g/mol. The molecule has 0 aliphatic heterocycles. The summed E-state index contributed by atoms with van der Waals surface area (Å²) in [6.45, 7) is 6.54. The molecule has 4 heteroatoms. The summed E-state index contributed by atoms with van der Waals surface area (Å²) in [4.78, 5) is 0. The Hall–Kier alpha value is -1.26. The highest BCUT2D eigenvalue weighted by atomic mass is 16.5. The van der Waals surface area contributed by atoms with Crippen molar-refractivity contribution in [2.24, 2.45) is 11.1 Å². The predicted molar refractivity (Wildman–Crippen MR) is 71.8 cm³/mol. The van der Waals surface area contributed by atoms with Crippen LogP contribution in [0.1, 0.15) is 26.3 Å². The van der Waals surface area contributed by atoms with E-state index in [4.69, 9.17) is 15.2 Å². The van der Waals surface area contributed by atoms with E-state index < -0.39 is 6.10 Å². The van der Waals surface area contributed by atoms with Crippen LogP contribution in [0.15, 0.2) is 18.2 Å². The third kappa shape index (κ3) is 3.89. The summed E-state index contributed by atoms with van der Waals surface area (Å²) in [5.74, 6) is 1.45. The lowest BCUT2D eigenvalue weighted by Gasteiger charge is -2.26. The lowest BCUT2D eigenvalue weighted by Crippen LogP contribution is -2.32. The van der Waals surface area contributed by atoms with Crippen molar-refractivity contribution < 1.29 is 14.6 Å². The van der Waals surface area contributed by atoms with E-state index in [1.54, 1.807) is 7.11 Å². The van der Waals surface area contributed by atoms with Crippen molar-refractivity contribution in [3.8, 4) is 11.5 Å². The summed E-state index contributed by atoms with van der Waals surface area (Å²) < 4.78 is 10.8. The molecule has 0 saturated carbocycles. The quantitative estimate of drug-likeness (QED) is 0.841. The van der Waals surface area contributed by atoms with Crippen LogP contribution in [0.4, 0.5) is 0 Å². The van der Waals surface area contributed by atoms with Gasteiger partial charge in [-0.25, -0.2) is 0 Å². The number of aliphatic hydroxyl groups excluding tert-OH is 1. The molecular formula is C14H23NO3. The molecule has 1 atom stereocenters. The van der Waals surface area contributed by atoms with E-state index in [1.807, 2.05) is 39.0 Å². The van der Waals surface area contributed by atoms with Crippen molar-refractivity contribution in [3.63, 3.8) is 0 Å². The predicted octanol–water partition coefficient (Wildman–Crippen LogP) is 1.94. The fourth-order valence-corrected chi connectivity index (χ4v) is 1.40. The van der Waals surface area contributed by atoms with Gasteiger partial charge in [-0.3, -0.25) is 0 Å². The number of hydrogen-bond acceptors (Lipinski definition) is 4. The average Bonchev–Trinajstić information content (AvgIpc) is 2.34. The number of rotatable bonds is 5. The first-order chi connectivity index (χ1) is 8.38. The minimum absolute atomic E-state index is 0.199. The van der Waals surface area contributed by atoms with Crippen molar-refractivity contribution >= 4 is 0 Å². The number of methoxy groups -OCH3 is 1. The van der Waals surface area contributed by atoms with Crippen molar-refractivity contribution in [2.75, 3.05) is 13.7 Å². The smallest absolute Gasteiger partial charge is 0.124 e. The molecule has 4 nitrogen and oxygen atoms in total. The lowest BCUT2D eigenvalue weighted by atomic mass is 9.90. The number of benzene rings is 1. The highest BCUT2D eigenvalue weighted by Gasteiger charge is 2.22. The Morgan fingerprint density at radius 2 is 2.00 bits per heavy atom. The normalized spacial score (nSPS) is 13.2. The van der Waals surface area contributed by atoms with Gasteiger partial charge in [-0.2, -0.15) is 0 Å². The zero-order valence-corrected chi connectivity index (χ0v) is 11.6. The molecule has 1 rings (SSSR count). The van der Waals surface area contributed by atoms with E-state index in [1.165, 1.54) is 0 Å². The maximum absolute atomic E-state index is 9.93. The molecule has 102 valence electrons. The van der Waals surface area contributed by atoms with Crippen molar-refractivity contribution in [2.45, 2.75) is 33.4 Å². The molecule has 0 aliphatic carbocycles. The van der Waals surface area contributed by atoms with E-state index in [0.29, 0.717) is 12.3 Å². The van der Waals surface area contributed by atoms with Gasteiger partial charge in [0.15, 0.2) is 0 Å². The SMILES string of the molecule is COc1ccc(OCC(O)C(C)(C)C)c(CN)c1. The van der Waals surface area contributed by atoms with Gasteiger partial charge in [-0.15, -0.1) is 0 Å². The summed E-state index contributed by atoms with van der Waals surface area (Å²) in [6, 6.07) is 5.48. The van der Waals surface area contributed by atoms with E-state index in [9.17, 15) is 5.11 Å². The van der Waals surface area contributed by atoms with Gasteiger partial charge in [-0.1, -0.05) is 20.8 Å². The van der Waals surface area contributed by atoms with Gasteiger partial charge in [-0.05, 0) is 23.6 Å². The highest BCUT2D eigenvalue weighted by molar-refractivity contribution is 5.40. The van der Waals surface area contributed by atoms with Crippen LogP contribution in [-0.4, -0.2) is 24.9 Å². The third-order valence-corrected chi connectivity index (χ3v) is 2.88. The van der Waals surface area contributed by atoms with Gasteiger partial charge < -0.3 is 20.3 Å². The molecule has 0 heterocycles. The highest BCUT2D eigenvalue weighted by Crippen LogP contribution is 2.25. The Kier molecular flexibility index (Phi) is 4.99. The Morgan fingerprint density at radius 3 is 2.50 bits per heavy atom. The monoisotopic (exact) mass is 253 g/mol. The molecule has 0 spiro atoms. The van der Waals surface area contributed by atoms with Crippen LogP contribution in [0.25, 0.3) is 0 Å². The Morgan fingerprint density at radius 1 is 1.33 bits per heavy atom. The van der Waals surface area contributed by atoms with Crippen LogP contribution in [0.5, 0.6) is 11.5 Å². The van der Waals surface area contributed by atoms with Crippen molar-refractivity contribution in [1.82, 2.24) is 0 Å². The Bertz CT molecular complexity index is 385. The largest absolute Gasteiger partial charge is 0.497 e. The summed E-state index contributed by atoms with van der Waals surface area (Å²) in [5.41, 5.74) is 6.34. The van der Waals surface area contributed by atoms with Crippen molar-refractivity contribution in [1.29, 1.82) is 0 Å². The molecule has 0 aromatic heterocycles. The van der Waals surface area contributed by atoms with Crippen LogP contribution >= 0.6 is 0 Å². The van der Waals surface area contributed by atoms with Crippen LogP contribution in [0, 0.1) is 5.41 Å². The number of hydrogen-bond donors (Lipinski definition) is 2. The van der Waals surface area contributed by atoms with E-state index >= 15 is 0 Å². The Balaban J connectivity index is 2.73. The number of aliphatic hydroxyl groups is 1. The van der Waals surface area contributed by atoms with Crippen LogP contribution < -0.4 is 15.2 Å². The zero-order chi connectivity index (χ0) is 13.8. The maximum Gasteiger partial charge on any atom is 0.124 e. The lowest BCUT2D eigenvalue weighted by molar-refractivity contribution is 0.0215. The topological polar surface area (TPSA) is 64.7 Å². The van der Waals surface area contributed by atoms with Gasteiger partial charge in [0.05, 0.1) is 13.2 Å². The first-order valence-corrected chi connectivity index (χ1v) is 6.06. The summed E-state index contributed by atoms with van der Waals surface area (Å²) in [5, 5.41) is 9.93. The van der Waals surface area contributed by atoms with E-state index in [0.717, 1.165) is 11.3 Å². The summed E-state index contributed by atoms with van der Waals surface area (Å²) in [7, 11) is 1.61. The number of nitrogens with two attached hydrogens (primary N) is 1. The standard InChI is InChI=1S/C14H23NO3/c1-14(2,3)13(16)9-18-12-6-5-11(17-4)7-10(12)8-15/h5-7,13,16H,8-9,15H2,1-4H3. The maximum atomic E-state index is 9.93. The average molecular weight is 253 g/mol.